The Morgan fingerprint density at radius 1 is 1.43 bits per heavy atom. The first-order valence-corrected chi connectivity index (χ1v) is 3.58. The maximum Gasteiger partial charge on any atom is 0.387 e. The molecule has 0 aromatic heterocycles. The van der Waals surface area contributed by atoms with Gasteiger partial charge in [-0.05, 0) is 12.1 Å². The highest BCUT2D eigenvalue weighted by Crippen LogP contribution is 2.28. The summed E-state index contributed by atoms with van der Waals surface area (Å²) >= 11 is 0. The predicted molar refractivity (Wildman–Crippen MR) is 42.7 cm³/mol. The predicted octanol–water partition coefficient (Wildman–Crippen LogP) is 2.00. The number of hydrogen-bond acceptors (Lipinski definition) is 2. The molecule has 0 aliphatic heterocycles. The minimum absolute atomic E-state index is 0.139. The average molecular weight is 205 g/mol. The van der Waals surface area contributed by atoms with Crippen LogP contribution in [0.25, 0.3) is 0 Å². The summed E-state index contributed by atoms with van der Waals surface area (Å²) in [5.74, 6) is -1.63. The third-order valence-corrected chi connectivity index (χ3v) is 1.39. The maximum absolute atomic E-state index is 12.9. The van der Waals surface area contributed by atoms with Crippen LogP contribution in [0.1, 0.15) is 0 Å². The van der Waals surface area contributed by atoms with Crippen molar-refractivity contribution in [2.24, 2.45) is 0 Å². The van der Waals surface area contributed by atoms with Crippen LogP contribution in [0.4, 0.5) is 18.9 Å². The molecule has 0 radical (unpaired) electrons. The Kier molecular flexibility index (Phi) is 3.33. The summed E-state index contributed by atoms with van der Waals surface area (Å²) in [6.45, 7) is -3.14. The number of benzene rings is 1. The molecule has 0 aliphatic carbocycles. The number of nitrogens with one attached hydrogen (secondary N) is 1. The van der Waals surface area contributed by atoms with Crippen molar-refractivity contribution >= 4 is 12.1 Å². The molecule has 0 saturated heterocycles. The zero-order valence-corrected chi connectivity index (χ0v) is 6.84. The van der Waals surface area contributed by atoms with Crippen LogP contribution in [-0.2, 0) is 4.79 Å². The van der Waals surface area contributed by atoms with Crippen LogP contribution >= 0.6 is 0 Å². The molecule has 1 amide bonds. The van der Waals surface area contributed by atoms with Crippen molar-refractivity contribution in [2.45, 2.75) is 6.61 Å². The lowest BCUT2D eigenvalue weighted by Crippen LogP contribution is -2.07. The van der Waals surface area contributed by atoms with Crippen LogP contribution in [0.15, 0.2) is 18.2 Å². The highest BCUT2D eigenvalue weighted by atomic mass is 19.3. The van der Waals surface area contributed by atoms with Crippen molar-refractivity contribution in [3.63, 3.8) is 0 Å². The number of carbonyl (C=O) groups is 1. The zero-order valence-electron chi connectivity index (χ0n) is 6.84. The molecule has 76 valence electrons. The van der Waals surface area contributed by atoms with E-state index in [-0.39, 0.29) is 12.1 Å². The van der Waals surface area contributed by atoms with E-state index >= 15 is 0 Å². The van der Waals surface area contributed by atoms with Crippen molar-refractivity contribution in [3.8, 4) is 5.75 Å². The third-order valence-electron chi connectivity index (χ3n) is 1.39. The normalized spacial score (nSPS) is 10.0. The van der Waals surface area contributed by atoms with Crippen LogP contribution in [-0.4, -0.2) is 13.0 Å². The van der Waals surface area contributed by atoms with E-state index in [2.05, 4.69) is 4.74 Å². The van der Waals surface area contributed by atoms with Crippen LogP contribution in [0.3, 0.4) is 0 Å². The molecule has 0 spiro atoms. The Hall–Kier alpha value is -1.72. The molecular weight excluding hydrogens is 199 g/mol. The van der Waals surface area contributed by atoms with Crippen molar-refractivity contribution < 1.29 is 22.7 Å². The first-order valence-electron chi connectivity index (χ1n) is 3.58. The topological polar surface area (TPSA) is 38.3 Å². The minimum atomic E-state index is -3.14. The minimum Gasteiger partial charge on any atom is -0.429 e. The molecule has 6 heteroatoms. The van der Waals surface area contributed by atoms with Gasteiger partial charge >= 0.3 is 6.61 Å². The van der Waals surface area contributed by atoms with Gasteiger partial charge in [-0.3, -0.25) is 4.79 Å². The lowest BCUT2D eigenvalue weighted by Gasteiger charge is -2.09. The van der Waals surface area contributed by atoms with Gasteiger partial charge in [-0.15, -0.1) is 0 Å². The number of carbonyl (C=O) groups excluding carboxylic acids is 1. The fourth-order valence-electron chi connectivity index (χ4n) is 0.895. The monoisotopic (exact) mass is 205 g/mol. The first kappa shape index (κ1) is 10.4. The summed E-state index contributed by atoms with van der Waals surface area (Å²) in [7, 11) is 0. The molecule has 0 heterocycles. The van der Waals surface area contributed by atoms with Gasteiger partial charge in [0, 0.05) is 0 Å². The fourth-order valence-corrected chi connectivity index (χ4v) is 0.895. The molecule has 0 bridgehead atoms. The molecular formula is C8H6F3NO2. The van der Waals surface area contributed by atoms with Crippen molar-refractivity contribution in [1.29, 1.82) is 0 Å². The third kappa shape index (κ3) is 2.38. The van der Waals surface area contributed by atoms with Crippen LogP contribution < -0.4 is 10.1 Å². The summed E-state index contributed by atoms with van der Waals surface area (Å²) in [6.07, 6.45) is 0.243. The number of amides is 1. The summed E-state index contributed by atoms with van der Waals surface area (Å²) in [6, 6.07) is 3.46. The molecule has 1 aromatic carbocycles. The standard InChI is InChI=1S/C8H6F3NO2/c9-5-2-1-3-6(12-4-13)7(5)14-8(10)11/h1-4,8H,(H,12,13). The van der Waals surface area contributed by atoms with Crippen LogP contribution in [0.2, 0.25) is 0 Å². The lowest BCUT2D eigenvalue weighted by atomic mass is 10.3. The molecule has 0 aliphatic rings. The SMILES string of the molecule is O=CNc1cccc(F)c1OC(F)F. The summed E-state index contributed by atoms with van der Waals surface area (Å²) < 4.78 is 40.5. The van der Waals surface area contributed by atoms with E-state index in [1.807, 2.05) is 5.32 Å². The molecule has 0 atom stereocenters. The second-order valence-corrected chi connectivity index (χ2v) is 2.26. The van der Waals surface area contributed by atoms with E-state index in [1.54, 1.807) is 0 Å². The van der Waals surface area contributed by atoms with Crippen LogP contribution in [0.5, 0.6) is 5.75 Å². The lowest BCUT2D eigenvalue weighted by molar-refractivity contribution is -0.105. The Morgan fingerprint density at radius 3 is 2.71 bits per heavy atom. The van der Waals surface area contributed by atoms with Crippen molar-refractivity contribution in [3.05, 3.63) is 24.0 Å². The van der Waals surface area contributed by atoms with Crippen molar-refractivity contribution in [2.75, 3.05) is 5.32 Å². The van der Waals surface area contributed by atoms with Gasteiger partial charge in [-0.2, -0.15) is 8.78 Å². The van der Waals surface area contributed by atoms with Gasteiger partial charge in [-0.25, -0.2) is 4.39 Å². The molecule has 1 aromatic rings. The number of hydrogen-bond donors (Lipinski definition) is 1. The fraction of sp³-hybridized carbons (Fsp3) is 0.125. The van der Waals surface area contributed by atoms with Gasteiger partial charge in [0.15, 0.2) is 11.6 Å². The van der Waals surface area contributed by atoms with Gasteiger partial charge in [-0.1, -0.05) is 6.07 Å². The number of alkyl halides is 2. The van der Waals surface area contributed by atoms with Gasteiger partial charge in [0.1, 0.15) is 0 Å². The largest absolute Gasteiger partial charge is 0.429 e. The smallest absolute Gasteiger partial charge is 0.387 e. The molecule has 1 N–H and O–H groups in total. The summed E-state index contributed by atoms with van der Waals surface area (Å²) in [5, 5.41) is 2.04. The summed E-state index contributed by atoms with van der Waals surface area (Å²) in [5.41, 5.74) is -0.139. The van der Waals surface area contributed by atoms with E-state index < -0.39 is 18.2 Å². The molecule has 3 nitrogen and oxygen atoms in total. The highest BCUT2D eigenvalue weighted by Gasteiger charge is 2.13. The Bertz CT molecular complexity index is 330. The van der Waals surface area contributed by atoms with Gasteiger partial charge < -0.3 is 10.1 Å². The van der Waals surface area contributed by atoms with Gasteiger partial charge in [0.05, 0.1) is 5.69 Å². The number of para-hydroxylation sites is 1. The molecule has 0 fully saturated rings. The number of rotatable bonds is 4. The Balaban J connectivity index is 3.01. The van der Waals surface area contributed by atoms with E-state index in [9.17, 15) is 18.0 Å². The highest BCUT2D eigenvalue weighted by molar-refractivity contribution is 5.75. The van der Waals surface area contributed by atoms with E-state index in [4.69, 9.17) is 0 Å². The Labute approximate surface area is 77.5 Å². The average Bonchev–Trinajstić information content (AvgIpc) is 2.11. The Morgan fingerprint density at radius 2 is 2.14 bits per heavy atom. The molecule has 14 heavy (non-hydrogen) atoms. The molecule has 0 unspecified atom stereocenters. The quantitative estimate of drug-likeness (QED) is 0.763. The molecule has 0 saturated carbocycles. The van der Waals surface area contributed by atoms with Crippen molar-refractivity contribution in [1.82, 2.24) is 0 Å². The van der Waals surface area contributed by atoms with Crippen LogP contribution in [0, 0.1) is 5.82 Å². The van der Waals surface area contributed by atoms with E-state index in [0.717, 1.165) is 6.07 Å². The second kappa shape index (κ2) is 4.50. The second-order valence-electron chi connectivity index (χ2n) is 2.26. The van der Waals surface area contributed by atoms with Gasteiger partial charge in [0.25, 0.3) is 0 Å². The van der Waals surface area contributed by atoms with E-state index in [0.29, 0.717) is 0 Å². The zero-order chi connectivity index (χ0) is 10.6. The number of ether oxygens (including phenoxy) is 1. The summed E-state index contributed by atoms with van der Waals surface area (Å²) in [4.78, 5) is 10.0. The van der Waals surface area contributed by atoms with E-state index in [1.165, 1.54) is 12.1 Å². The maximum atomic E-state index is 12.9. The number of anilines is 1. The number of halogens is 3. The first-order chi connectivity index (χ1) is 6.65. The van der Waals surface area contributed by atoms with Gasteiger partial charge in [0.2, 0.25) is 6.41 Å². The molecule has 1 rings (SSSR count).